The van der Waals surface area contributed by atoms with Crippen LogP contribution in [-0.2, 0) is 9.53 Å². The van der Waals surface area contributed by atoms with Crippen molar-refractivity contribution in [3.8, 4) is 0 Å². The minimum Gasteiger partial charge on any atom is -0.466 e. The first-order valence-electron chi connectivity index (χ1n) is 5.65. The number of allylic oxidation sites excluding steroid dienone is 1. The number of nitrogens with one attached hydrogen (secondary N) is 2. The zero-order valence-electron chi connectivity index (χ0n) is 10.5. The fourth-order valence-electron chi connectivity index (χ4n) is 2.01. The number of halogens is 1. The Balaban J connectivity index is 2.49. The van der Waals surface area contributed by atoms with Crippen molar-refractivity contribution < 1.29 is 18.7 Å². The van der Waals surface area contributed by atoms with Crippen LogP contribution in [0.4, 0.5) is 9.18 Å². The number of hydrogen-bond donors (Lipinski definition) is 2. The Morgan fingerprint density at radius 3 is 2.79 bits per heavy atom. The third-order valence-corrected chi connectivity index (χ3v) is 2.86. The van der Waals surface area contributed by atoms with Gasteiger partial charge in [-0.15, -0.1) is 0 Å². The summed E-state index contributed by atoms with van der Waals surface area (Å²) in [5, 5.41) is 5.07. The lowest BCUT2D eigenvalue weighted by atomic mass is 9.95. The van der Waals surface area contributed by atoms with Crippen LogP contribution < -0.4 is 10.6 Å². The van der Waals surface area contributed by atoms with Gasteiger partial charge in [0.15, 0.2) is 0 Å². The van der Waals surface area contributed by atoms with Crippen LogP contribution in [0.15, 0.2) is 35.5 Å². The van der Waals surface area contributed by atoms with E-state index < -0.39 is 23.9 Å². The molecule has 0 spiro atoms. The topological polar surface area (TPSA) is 67.4 Å². The number of carbonyl (C=O) groups excluding carboxylic acids is 2. The maximum atomic E-state index is 13.3. The van der Waals surface area contributed by atoms with E-state index in [1.807, 2.05) is 0 Å². The van der Waals surface area contributed by atoms with Gasteiger partial charge in [0.2, 0.25) is 0 Å². The number of carbonyl (C=O) groups is 2. The van der Waals surface area contributed by atoms with Gasteiger partial charge in [-0.3, -0.25) is 0 Å². The van der Waals surface area contributed by atoms with E-state index in [0.717, 1.165) is 0 Å². The molecule has 1 aliphatic heterocycles. The molecule has 1 aromatic rings. The second kappa shape index (κ2) is 5.09. The number of amides is 2. The predicted octanol–water partition coefficient (Wildman–Crippen LogP) is 1.63. The van der Waals surface area contributed by atoms with Crippen molar-refractivity contribution in [1.82, 2.24) is 10.6 Å². The molecule has 0 bridgehead atoms. The van der Waals surface area contributed by atoms with Crippen LogP contribution in [0.25, 0.3) is 0 Å². The quantitative estimate of drug-likeness (QED) is 0.798. The highest BCUT2D eigenvalue weighted by molar-refractivity contribution is 5.94. The molecular weight excluding hydrogens is 251 g/mol. The molecule has 1 atom stereocenters. The number of methoxy groups -OCH3 is 1. The fraction of sp³-hybridized carbons (Fsp3) is 0.231. The molecular formula is C13H13FN2O3. The van der Waals surface area contributed by atoms with Crippen molar-refractivity contribution in [3.63, 3.8) is 0 Å². The Hall–Kier alpha value is -2.37. The molecule has 1 aliphatic rings. The lowest BCUT2D eigenvalue weighted by molar-refractivity contribution is -0.136. The molecule has 1 aromatic carbocycles. The van der Waals surface area contributed by atoms with E-state index in [0.29, 0.717) is 11.3 Å². The van der Waals surface area contributed by atoms with Gasteiger partial charge in [0.25, 0.3) is 0 Å². The number of urea groups is 1. The van der Waals surface area contributed by atoms with E-state index in [1.54, 1.807) is 13.0 Å². The predicted molar refractivity (Wildman–Crippen MR) is 65.5 cm³/mol. The molecule has 0 fully saturated rings. The molecule has 2 amide bonds. The zero-order valence-corrected chi connectivity index (χ0v) is 10.5. The van der Waals surface area contributed by atoms with Crippen molar-refractivity contribution in [1.29, 1.82) is 0 Å². The summed E-state index contributed by atoms with van der Waals surface area (Å²) >= 11 is 0. The first-order valence-corrected chi connectivity index (χ1v) is 5.65. The van der Waals surface area contributed by atoms with Crippen molar-refractivity contribution in [2.24, 2.45) is 0 Å². The molecule has 100 valence electrons. The molecule has 2 rings (SSSR count). The van der Waals surface area contributed by atoms with Gasteiger partial charge in [-0.1, -0.05) is 12.1 Å². The molecule has 2 N–H and O–H groups in total. The highest BCUT2D eigenvalue weighted by Crippen LogP contribution is 2.27. The molecule has 0 aliphatic carbocycles. The lowest BCUT2D eigenvalue weighted by Gasteiger charge is -2.27. The fourth-order valence-corrected chi connectivity index (χ4v) is 2.01. The molecule has 1 heterocycles. The molecule has 6 heteroatoms. The van der Waals surface area contributed by atoms with Gasteiger partial charge in [0.1, 0.15) is 5.82 Å². The Labute approximate surface area is 109 Å². The first kappa shape index (κ1) is 13.1. The van der Waals surface area contributed by atoms with Crippen LogP contribution >= 0.6 is 0 Å². The average molecular weight is 264 g/mol. The second-order valence-corrected chi connectivity index (χ2v) is 4.12. The van der Waals surface area contributed by atoms with Gasteiger partial charge >= 0.3 is 12.0 Å². The highest BCUT2D eigenvalue weighted by atomic mass is 19.1. The summed E-state index contributed by atoms with van der Waals surface area (Å²) in [5.74, 6) is -1.01. The van der Waals surface area contributed by atoms with Gasteiger partial charge < -0.3 is 15.4 Å². The Kier molecular flexibility index (Phi) is 3.50. The summed E-state index contributed by atoms with van der Waals surface area (Å²) in [6.07, 6.45) is 0. The van der Waals surface area contributed by atoms with E-state index >= 15 is 0 Å². The van der Waals surface area contributed by atoms with Crippen LogP contribution in [0.5, 0.6) is 0 Å². The molecule has 5 nitrogen and oxygen atoms in total. The summed E-state index contributed by atoms with van der Waals surface area (Å²) < 4.78 is 18.0. The minimum absolute atomic E-state index is 0.257. The number of ether oxygens (including phenoxy) is 1. The van der Waals surface area contributed by atoms with Gasteiger partial charge in [-0.25, -0.2) is 14.0 Å². The van der Waals surface area contributed by atoms with Crippen molar-refractivity contribution in [3.05, 3.63) is 46.9 Å². The van der Waals surface area contributed by atoms with Gasteiger partial charge in [-0.2, -0.15) is 0 Å². The van der Waals surface area contributed by atoms with Crippen molar-refractivity contribution in [2.75, 3.05) is 7.11 Å². The van der Waals surface area contributed by atoms with E-state index in [-0.39, 0.29) is 5.57 Å². The standard InChI is InChI=1S/C13H13FN2O3/c1-7-10(12(17)19-2)11(16-13(18)15-7)8-4-3-5-9(14)6-8/h3-6,11H,1-2H3,(H2,15,16,18)/t11-/m0/s1. The van der Waals surface area contributed by atoms with Gasteiger partial charge in [0, 0.05) is 5.70 Å². The maximum Gasteiger partial charge on any atom is 0.337 e. The van der Waals surface area contributed by atoms with Gasteiger partial charge in [0.05, 0.1) is 18.7 Å². The third-order valence-electron chi connectivity index (χ3n) is 2.86. The number of rotatable bonds is 2. The maximum absolute atomic E-state index is 13.3. The molecule has 0 aromatic heterocycles. The van der Waals surface area contributed by atoms with E-state index in [4.69, 9.17) is 4.74 Å². The molecule has 0 saturated carbocycles. The average Bonchev–Trinajstić information content (AvgIpc) is 2.37. The molecule has 19 heavy (non-hydrogen) atoms. The molecule has 0 radical (unpaired) electrons. The third kappa shape index (κ3) is 2.57. The Morgan fingerprint density at radius 2 is 2.16 bits per heavy atom. The number of hydrogen-bond acceptors (Lipinski definition) is 3. The van der Waals surface area contributed by atoms with E-state index in [2.05, 4.69) is 10.6 Å². The Morgan fingerprint density at radius 1 is 1.42 bits per heavy atom. The molecule has 0 saturated heterocycles. The van der Waals surface area contributed by atoms with Crippen LogP contribution in [0.1, 0.15) is 18.5 Å². The van der Waals surface area contributed by atoms with Crippen molar-refractivity contribution in [2.45, 2.75) is 13.0 Å². The van der Waals surface area contributed by atoms with E-state index in [9.17, 15) is 14.0 Å². The monoisotopic (exact) mass is 264 g/mol. The summed E-state index contributed by atoms with van der Waals surface area (Å²) in [6.45, 7) is 1.59. The van der Waals surface area contributed by atoms with Crippen molar-refractivity contribution >= 4 is 12.0 Å². The largest absolute Gasteiger partial charge is 0.466 e. The minimum atomic E-state index is -0.725. The summed E-state index contributed by atoms with van der Waals surface area (Å²) in [7, 11) is 1.25. The number of esters is 1. The van der Waals surface area contributed by atoms with E-state index in [1.165, 1.54) is 25.3 Å². The summed E-state index contributed by atoms with van der Waals surface area (Å²) in [4.78, 5) is 23.3. The van der Waals surface area contributed by atoms with Crippen LogP contribution in [-0.4, -0.2) is 19.1 Å². The SMILES string of the molecule is COC(=O)C1=C(C)NC(=O)N[C@H]1c1cccc(F)c1. The highest BCUT2D eigenvalue weighted by Gasteiger charge is 2.31. The summed E-state index contributed by atoms with van der Waals surface area (Å²) in [6, 6.07) is 4.54. The molecule has 0 unspecified atom stereocenters. The van der Waals surface area contributed by atoms with Gasteiger partial charge in [-0.05, 0) is 24.6 Å². The van der Waals surface area contributed by atoms with Crippen LogP contribution in [0, 0.1) is 5.82 Å². The smallest absolute Gasteiger partial charge is 0.337 e. The van der Waals surface area contributed by atoms with Crippen LogP contribution in [0.2, 0.25) is 0 Å². The number of benzene rings is 1. The normalized spacial score (nSPS) is 18.7. The first-order chi connectivity index (χ1) is 9.02. The lowest BCUT2D eigenvalue weighted by Crippen LogP contribution is -2.45. The second-order valence-electron chi connectivity index (χ2n) is 4.12. The van der Waals surface area contributed by atoms with Crippen LogP contribution in [0.3, 0.4) is 0 Å². The summed E-state index contributed by atoms with van der Waals surface area (Å²) in [5.41, 5.74) is 1.13. The Bertz CT molecular complexity index is 569. The zero-order chi connectivity index (χ0) is 14.0.